The van der Waals surface area contributed by atoms with Gasteiger partial charge in [0.05, 0.1) is 7.11 Å². The second-order valence-corrected chi connectivity index (χ2v) is 4.21. The molecule has 0 bridgehead atoms. The molecule has 0 aliphatic heterocycles. The first-order valence-electron chi connectivity index (χ1n) is 4.57. The van der Waals surface area contributed by atoms with Gasteiger partial charge in [0, 0.05) is 11.9 Å². The summed E-state index contributed by atoms with van der Waals surface area (Å²) < 4.78 is 4.56. The van der Waals surface area contributed by atoms with Crippen LogP contribution in [-0.4, -0.2) is 24.6 Å². The number of aromatic nitrogens is 1. The minimum Gasteiger partial charge on any atom is -0.464 e. The first kappa shape index (κ1) is 9.45. The highest BCUT2D eigenvalue weighted by Gasteiger charge is 2.21. The minimum absolute atomic E-state index is 0.374. The van der Waals surface area contributed by atoms with Gasteiger partial charge in [0.2, 0.25) is 0 Å². The second-order valence-electron chi connectivity index (χ2n) is 3.35. The van der Waals surface area contributed by atoms with Crippen molar-refractivity contribution < 1.29 is 9.53 Å². The molecule has 0 unspecified atom stereocenters. The maximum absolute atomic E-state index is 11.1. The third-order valence-corrected chi connectivity index (χ3v) is 2.94. The molecule has 4 nitrogen and oxygen atoms in total. The van der Waals surface area contributed by atoms with Crippen LogP contribution in [0.2, 0.25) is 0 Å². The molecule has 2 rings (SSSR count). The van der Waals surface area contributed by atoms with E-state index in [9.17, 15) is 4.79 Å². The Hall–Kier alpha value is -1.10. The maximum Gasteiger partial charge on any atom is 0.357 e. The van der Waals surface area contributed by atoms with Crippen LogP contribution in [-0.2, 0) is 4.74 Å². The molecule has 0 aromatic carbocycles. The molecule has 1 fully saturated rings. The van der Waals surface area contributed by atoms with Crippen molar-refractivity contribution >= 4 is 22.4 Å². The Kier molecular flexibility index (Phi) is 2.67. The summed E-state index contributed by atoms with van der Waals surface area (Å²) in [6.45, 7) is 0.966. The summed E-state index contributed by atoms with van der Waals surface area (Å²) in [5.41, 5.74) is 0.385. The van der Waals surface area contributed by atoms with Crippen molar-refractivity contribution in [2.75, 3.05) is 19.0 Å². The van der Waals surface area contributed by atoms with Crippen LogP contribution in [0.4, 0.5) is 5.13 Å². The zero-order valence-corrected chi connectivity index (χ0v) is 8.76. The molecule has 5 heteroatoms. The predicted octanol–water partition coefficient (Wildman–Crippen LogP) is 1.75. The van der Waals surface area contributed by atoms with Crippen LogP contribution >= 0.6 is 11.3 Å². The molecule has 0 radical (unpaired) electrons. The highest BCUT2D eigenvalue weighted by Crippen LogP contribution is 2.29. The van der Waals surface area contributed by atoms with Crippen LogP contribution in [0.15, 0.2) is 5.38 Å². The molecular formula is C9H12N2O2S. The second kappa shape index (κ2) is 3.96. The van der Waals surface area contributed by atoms with E-state index in [1.165, 1.54) is 31.3 Å². The van der Waals surface area contributed by atoms with Gasteiger partial charge in [0.15, 0.2) is 10.8 Å². The van der Waals surface area contributed by atoms with Crippen LogP contribution in [0.3, 0.4) is 0 Å². The van der Waals surface area contributed by atoms with E-state index in [4.69, 9.17) is 0 Å². The van der Waals surface area contributed by atoms with Crippen molar-refractivity contribution in [1.82, 2.24) is 4.98 Å². The molecule has 1 saturated carbocycles. The van der Waals surface area contributed by atoms with Gasteiger partial charge in [-0.15, -0.1) is 11.3 Å². The number of methoxy groups -OCH3 is 1. The molecular weight excluding hydrogens is 200 g/mol. The lowest BCUT2D eigenvalue weighted by molar-refractivity contribution is 0.0595. The molecule has 0 saturated heterocycles. The van der Waals surface area contributed by atoms with E-state index in [0.29, 0.717) is 5.69 Å². The number of thiazole rings is 1. The van der Waals surface area contributed by atoms with Crippen LogP contribution in [0, 0.1) is 5.92 Å². The largest absolute Gasteiger partial charge is 0.464 e. The van der Waals surface area contributed by atoms with E-state index in [-0.39, 0.29) is 5.97 Å². The smallest absolute Gasteiger partial charge is 0.357 e. The van der Waals surface area contributed by atoms with Gasteiger partial charge in [-0.2, -0.15) is 0 Å². The van der Waals surface area contributed by atoms with Gasteiger partial charge in [-0.25, -0.2) is 9.78 Å². The fourth-order valence-electron chi connectivity index (χ4n) is 1.11. The summed E-state index contributed by atoms with van der Waals surface area (Å²) in [7, 11) is 1.36. The third kappa shape index (κ3) is 2.23. The van der Waals surface area contributed by atoms with Crippen LogP contribution in [0.5, 0.6) is 0 Å². The van der Waals surface area contributed by atoms with Crippen molar-refractivity contribution in [3.05, 3.63) is 11.1 Å². The SMILES string of the molecule is COC(=O)c1csc(NCC2CC2)n1. The minimum atomic E-state index is -0.374. The molecule has 1 aliphatic carbocycles. The Balaban J connectivity index is 1.91. The van der Waals surface area contributed by atoms with Crippen molar-refractivity contribution in [1.29, 1.82) is 0 Å². The monoisotopic (exact) mass is 212 g/mol. The van der Waals surface area contributed by atoms with Gasteiger partial charge in [-0.05, 0) is 18.8 Å². The van der Waals surface area contributed by atoms with Crippen LogP contribution in [0.25, 0.3) is 0 Å². The number of hydrogen-bond donors (Lipinski definition) is 1. The molecule has 14 heavy (non-hydrogen) atoms. The lowest BCUT2D eigenvalue weighted by Crippen LogP contribution is -2.05. The Bertz CT molecular complexity index is 333. The predicted molar refractivity (Wildman–Crippen MR) is 54.7 cm³/mol. The number of ether oxygens (including phenoxy) is 1. The number of rotatable bonds is 4. The first-order valence-corrected chi connectivity index (χ1v) is 5.45. The Morgan fingerprint density at radius 3 is 3.21 bits per heavy atom. The van der Waals surface area contributed by atoms with Gasteiger partial charge in [-0.3, -0.25) is 0 Å². The fraction of sp³-hybridized carbons (Fsp3) is 0.556. The Morgan fingerprint density at radius 2 is 2.57 bits per heavy atom. The number of nitrogens with one attached hydrogen (secondary N) is 1. The number of carbonyl (C=O) groups excluding carboxylic acids is 1. The molecule has 76 valence electrons. The maximum atomic E-state index is 11.1. The number of esters is 1. The first-order chi connectivity index (χ1) is 6.79. The number of carbonyl (C=O) groups is 1. The lowest BCUT2D eigenvalue weighted by atomic mass is 10.4. The molecule has 0 amide bonds. The van der Waals surface area contributed by atoms with E-state index in [1.54, 1.807) is 5.38 Å². The third-order valence-electron chi connectivity index (χ3n) is 2.14. The van der Waals surface area contributed by atoms with E-state index < -0.39 is 0 Å². The highest BCUT2D eigenvalue weighted by atomic mass is 32.1. The van der Waals surface area contributed by atoms with E-state index in [0.717, 1.165) is 17.6 Å². The number of nitrogens with zero attached hydrogens (tertiary/aromatic N) is 1. The van der Waals surface area contributed by atoms with Gasteiger partial charge >= 0.3 is 5.97 Å². The summed E-state index contributed by atoms with van der Waals surface area (Å²) in [5, 5.41) is 5.72. The molecule has 0 spiro atoms. The van der Waals surface area contributed by atoms with E-state index in [1.807, 2.05) is 0 Å². The Morgan fingerprint density at radius 1 is 1.79 bits per heavy atom. The molecule has 1 heterocycles. The average molecular weight is 212 g/mol. The lowest BCUT2D eigenvalue weighted by Gasteiger charge is -1.98. The van der Waals surface area contributed by atoms with E-state index >= 15 is 0 Å². The summed E-state index contributed by atoms with van der Waals surface area (Å²) in [6.07, 6.45) is 2.62. The molecule has 0 atom stereocenters. The summed E-state index contributed by atoms with van der Waals surface area (Å²) in [6, 6.07) is 0. The zero-order valence-electron chi connectivity index (χ0n) is 7.95. The van der Waals surface area contributed by atoms with Crippen molar-refractivity contribution in [2.24, 2.45) is 5.92 Å². The molecule has 1 N–H and O–H groups in total. The van der Waals surface area contributed by atoms with Gasteiger partial charge in [0.25, 0.3) is 0 Å². The van der Waals surface area contributed by atoms with E-state index in [2.05, 4.69) is 15.0 Å². The van der Waals surface area contributed by atoms with Gasteiger partial charge in [-0.1, -0.05) is 0 Å². The quantitative estimate of drug-likeness (QED) is 0.772. The number of hydrogen-bond acceptors (Lipinski definition) is 5. The zero-order chi connectivity index (χ0) is 9.97. The van der Waals surface area contributed by atoms with Crippen molar-refractivity contribution in [3.63, 3.8) is 0 Å². The van der Waals surface area contributed by atoms with Crippen LogP contribution in [0.1, 0.15) is 23.3 Å². The topological polar surface area (TPSA) is 51.2 Å². The summed E-state index contributed by atoms with van der Waals surface area (Å²) in [5.74, 6) is 0.432. The average Bonchev–Trinajstić information content (AvgIpc) is 2.92. The van der Waals surface area contributed by atoms with Gasteiger partial charge < -0.3 is 10.1 Å². The highest BCUT2D eigenvalue weighted by molar-refractivity contribution is 7.13. The fourth-order valence-corrected chi connectivity index (χ4v) is 1.80. The van der Waals surface area contributed by atoms with Crippen LogP contribution < -0.4 is 5.32 Å². The molecule has 1 aromatic rings. The van der Waals surface area contributed by atoms with Gasteiger partial charge in [0.1, 0.15) is 0 Å². The normalized spacial score (nSPS) is 15.2. The van der Waals surface area contributed by atoms with Crippen molar-refractivity contribution in [2.45, 2.75) is 12.8 Å². The standard InChI is InChI=1S/C9H12N2O2S/c1-13-8(12)7-5-14-9(11-7)10-4-6-2-3-6/h5-6H,2-4H2,1H3,(H,10,11). The molecule has 1 aromatic heterocycles. The summed E-state index contributed by atoms with van der Waals surface area (Å²) in [4.78, 5) is 15.2. The Labute approximate surface area is 86.3 Å². The number of anilines is 1. The summed E-state index contributed by atoms with van der Waals surface area (Å²) >= 11 is 1.44. The van der Waals surface area contributed by atoms with Crippen molar-refractivity contribution in [3.8, 4) is 0 Å². The molecule has 1 aliphatic rings.